The predicted octanol–water partition coefficient (Wildman–Crippen LogP) is 6.25. The van der Waals surface area contributed by atoms with Crippen LogP contribution >= 0.6 is 0 Å². The zero-order chi connectivity index (χ0) is 22.8. The lowest BCUT2D eigenvalue weighted by atomic mass is 10.0. The second kappa shape index (κ2) is 8.79. The van der Waals surface area contributed by atoms with Gasteiger partial charge in [-0.1, -0.05) is 49.4 Å². The normalized spacial score (nSPS) is 11.1. The molecule has 0 amide bonds. The molecule has 0 aliphatic heterocycles. The maximum absolute atomic E-state index is 12.6. The number of benzene rings is 2. The zero-order valence-corrected chi connectivity index (χ0v) is 18.6. The molecule has 5 nitrogen and oxygen atoms in total. The average molecular weight is 434 g/mol. The maximum atomic E-state index is 12.6. The van der Waals surface area contributed by atoms with Crippen LogP contribution in [0.5, 0.6) is 0 Å². The van der Waals surface area contributed by atoms with Gasteiger partial charge in [0.2, 0.25) is 0 Å². The number of aromatic nitrogens is 3. The molecule has 162 valence electrons. The van der Waals surface area contributed by atoms with Gasteiger partial charge in [0.15, 0.2) is 0 Å². The molecule has 0 N–H and O–H groups in total. The topological polar surface area (TPSA) is 65.0 Å². The number of pyridine rings is 3. The summed E-state index contributed by atoms with van der Waals surface area (Å²) in [7, 11) is 0. The van der Waals surface area contributed by atoms with E-state index in [4.69, 9.17) is 19.7 Å². The van der Waals surface area contributed by atoms with Gasteiger partial charge in [0.1, 0.15) is 0 Å². The van der Waals surface area contributed by atoms with Gasteiger partial charge in [-0.25, -0.2) is 19.7 Å². The second-order valence-electron chi connectivity index (χ2n) is 7.74. The minimum absolute atomic E-state index is 0.311. The third-order valence-electron chi connectivity index (χ3n) is 5.67. The monoisotopic (exact) mass is 433 g/mol. The molecule has 3 aromatic heterocycles. The van der Waals surface area contributed by atoms with Gasteiger partial charge in [-0.3, -0.25) is 0 Å². The molecule has 0 saturated heterocycles. The predicted molar refractivity (Wildman–Crippen MR) is 131 cm³/mol. The van der Waals surface area contributed by atoms with Gasteiger partial charge >= 0.3 is 5.97 Å². The smallest absolute Gasteiger partial charge is 0.338 e. The van der Waals surface area contributed by atoms with Gasteiger partial charge in [-0.15, -0.1) is 0 Å². The van der Waals surface area contributed by atoms with Crippen molar-refractivity contribution in [3.8, 4) is 22.8 Å². The first-order chi connectivity index (χ1) is 16.2. The standard InChI is InChI=1S/C28H23N3O2/c1-3-18-16-26(29-22-12-7-5-10-19(18)22)24-14-9-15-25(31-24)27-17-21(28(32)33-4-2)20-11-6-8-13-23(20)30-27/h5-17H,3-4H2,1-2H3. The fourth-order valence-electron chi connectivity index (χ4n) is 4.08. The van der Waals surface area contributed by atoms with Gasteiger partial charge in [0.05, 0.1) is 46.0 Å². The lowest BCUT2D eigenvalue weighted by molar-refractivity contribution is 0.0528. The minimum atomic E-state index is -0.364. The number of nitrogens with zero attached hydrogens (tertiary/aromatic N) is 3. The van der Waals surface area contributed by atoms with Crippen molar-refractivity contribution in [1.82, 2.24) is 15.0 Å². The van der Waals surface area contributed by atoms with E-state index in [2.05, 4.69) is 19.1 Å². The van der Waals surface area contributed by atoms with Crippen molar-refractivity contribution in [1.29, 1.82) is 0 Å². The number of carbonyl (C=O) groups excluding carboxylic acids is 1. The summed E-state index contributed by atoms with van der Waals surface area (Å²) in [6.07, 6.45) is 0.908. The van der Waals surface area contributed by atoms with Gasteiger partial charge in [0, 0.05) is 10.8 Å². The summed E-state index contributed by atoms with van der Waals surface area (Å²) in [5.41, 5.74) is 6.28. The van der Waals surface area contributed by atoms with Crippen LogP contribution in [0.25, 0.3) is 44.6 Å². The third-order valence-corrected chi connectivity index (χ3v) is 5.67. The molecule has 0 aliphatic rings. The van der Waals surface area contributed by atoms with Crippen LogP contribution in [0.2, 0.25) is 0 Å². The molecule has 3 heterocycles. The molecular formula is C28H23N3O2. The summed E-state index contributed by atoms with van der Waals surface area (Å²) in [4.78, 5) is 27.1. The number of hydrogen-bond donors (Lipinski definition) is 0. The molecule has 0 bridgehead atoms. The number of hydrogen-bond acceptors (Lipinski definition) is 5. The lowest BCUT2D eigenvalue weighted by Crippen LogP contribution is -2.06. The van der Waals surface area contributed by atoms with Crippen molar-refractivity contribution in [2.75, 3.05) is 6.61 Å². The number of carbonyl (C=O) groups is 1. The zero-order valence-electron chi connectivity index (χ0n) is 18.6. The Morgan fingerprint density at radius 1 is 0.697 bits per heavy atom. The van der Waals surface area contributed by atoms with Crippen molar-refractivity contribution in [2.45, 2.75) is 20.3 Å². The molecule has 0 atom stereocenters. The molecule has 5 aromatic rings. The Morgan fingerprint density at radius 2 is 1.30 bits per heavy atom. The number of para-hydroxylation sites is 2. The van der Waals surface area contributed by atoms with E-state index in [9.17, 15) is 4.79 Å². The van der Waals surface area contributed by atoms with Gasteiger partial charge in [0.25, 0.3) is 0 Å². The van der Waals surface area contributed by atoms with Crippen LogP contribution in [0.3, 0.4) is 0 Å². The summed E-state index contributed by atoms with van der Waals surface area (Å²) in [5, 5.41) is 1.93. The quantitative estimate of drug-likeness (QED) is 0.307. The van der Waals surface area contributed by atoms with Crippen molar-refractivity contribution in [2.24, 2.45) is 0 Å². The maximum Gasteiger partial charge on any atom is 0.338 e. The molecule has 0 radical (unpaired) electrons. The van der Waals surface area contributed by atoms with Gasteiger partial charge in [-0.2, -0.15) is 0 Å². The third kappa shape index (κ3) is 3.94. The molecule has 0 aliphatic carbocycles. The summed E-state index contributed by atoms with van der Waals surface area (Å²) < 4.78 is 5.29. The fourth-order valence-corrected chi connectivity index (χ4v) is 4.08. The Kier molecular flexibility index (Phi) is 5.53. The molecule has 5 heteroatoms. The highest BCUT2D eigenvalue weighted by atomic mass is 16.5. The van der Waals surface area contributed by atoms with Crippen molar-refractivity contribution < 1.29 is 9.53 Å². The van der Waals surface area contributed by atoms with Crippen LogP contribution in [0.15, 0.2) is 78.9 Å². The van der Waals surface area contributed by atoms with E-state index in [1.807, 2.05) is 60.7 Å². The van der Waals surface area contributed by atoms with E-state index in [0.29, 0.717) is 23.6 Å². The Labute approximate surface area is 192 Å². The Bertz CT molecular complexity index is 1490. The van der Waals surface area contributed by atoms with Crippen molar-refractivity contribution in [3.05, 3.63) is 90.0 Å². The molecule has 33 heavy (non-hydrogen) atoms. The molecule has 0 fully saturated rings. The first kappa shape index (κ1) is 20.8. The minimum Gasteiger partial charge on any atom is -0.462 e. The highest BCUT2D eigenvalue weighted by Crippen LogP contribution is 2.28. The van der Waals surface area contributed by atoms with Crippen LogP contribution in [-0.2, 0) is 11.2 Å². The van der Waals surface area contributed by atoms with E-state index in [1.54, 1.807) is 13.0 Å². The molecular weight excluding hydrogens is 410 g/mol. The largest absolute Gasteiger partial charge is 0.462 e. The SMILES string of the molecule is CCOC(=O)c1cc(-c2cccc(-c3cc(CC)c4ccccc4n3)n2)nc2ccccc12. The average Bonchev–Trinajstić information content (AvgIpc) is 2.87. The van der Waals surface area contributed by atoms with Gasteiger partial charge < -0.3 is 4.74 Å². The Balaban J connectivity index is 1.65. The van der Waals surface area contributed by atoms with Crippen LogP contribution in [0, 0.1) is 0 Å². The van der Waals surface area contributed by atoms with E-state index in [-0.39, 0.29) is 5.97 Å². The van der Waals surface area contributed by atoms with Crippen molar-refractivity contribution in [3.63, 3.8) is 0 Å². The summed E-state index contributed by atoms with van der Waals surface area (Å²) >= 11 is 0. The van der Waals surface area contributed by atoms with Crippen LogP contribution in [0.1, 0.15) is 29.8 Å². The second-order valence-corrected chi connectivity index (χ2v) is 7.74. The Hall–Kier alpha value is -4.12. The lowest BCUT2D eigenvalue weighted by Gasteiger charge is -2.11. The molecule has 0 spiro atoms. The molecule has 5 rings (SSSR count). The summed E-state index contributed by atoms with van der Waals surface area (Å²) in [6, 6.07) is 25.4. The highest BCUT2D eigenvalue weighted by molar-refractivity contribution is 6.04. The van der Waals surface area contributed by atoms with Crippen molar-refractivity contribution >= 4 is 27.8 Å². The molecule has 2 aromatic carbocycles. The molecule has 0 saturated carbocycles. The van der Waals surface area contributed by atoms with Gasteiger partial charge in [-0.05, 0) is 55.3 Å². The highest BCUT2D eigenvalue weighted by Gasteiger charge is 2.16. The first-order valence-corrected chi connectivity index (χ1v) is 11.1. The first-order valence-electron chi connectivity index (χ1n) is 11.1. The van der Waals surface area contributed by atoms with Crippen LogP contribution in [0.4, 0.5) is 0 Å². The van der Waals surface area contributed by atoms with Crippen LogP contribution < -0.4 is 0 Å². The number of rotatable bonds is 5. The van der Waals surface area contributed by atoms with E-state index in [0.717, 1.165) is 39.6 Å². The van der Waals surface area contributed by atoms with Crippen LogP contribution in [-0.4, -0.2) is 27.5 Å². The fraction of sp³-hybridized carbons (Fsp3) is 0.143. The van der Waals surface area contributed by atoms with E-state index < -0.39 is 0 Å². The van der Waals surface area contributed by atoms with E-state index in [1.165, 1.54) is 5.56 Å². The number of aryl methyl sites for hydroxylation is 1. The summed E-state index contributed by atoms with van der Waals surface area (Å²) in [6.45, 7) is 4.26. The number of ether oxygens (including phenoxy) is 1. The Morgan fingerprint density at radius 3 is 1.97 bits per heavy atom. The summed E-state index contributed by atoms with van der Waals surface area (Å²) in [5.74, 6) is -0.364. The van der Waals surface area contributed by atoms with E-state index >= 15 is 0 Å². The number of fused-ring (bicyclic) bond motifs is 2. The number of esters is 1. The molecule has 0 unspecified atom stereocenters.